The van der Waals surface area contributed by atoms with E-state index in [1.807, 2.05) is 45.0 Å². The van der Waals surface area contributed by atoms with E-state index in [-0.39, 0.29) is 5.91 Å². The number of amides is 1. The summed E-state index contributed by atoms with van der Waals surface area (Å²) in [6, 6.07) is 8.02. The molecule has 0 unspecified atom stereocenters. The van der Waals surface area contributed by atoms with Gasteiger partial charge < -0.3 is 9.84 Å². The van der Waals surface area contributed by atoms with Crippen LogP contribution in [-0.2, 0) is 17.6 Å². The van der Waals surface area contributed by atoms with Gasteiger partial charge in [-0.15, -0.1) is 0 Å². The Morgan fingerprint density at radius 1 is 1.20 bits per heavy atom. The van der Waals surface area contributed by atoms with Crippen LogP contribution in [0.1, 0.15) is 28.1 Å². The molecule has 0 fully saturated rings. The molecule has 0 bridgehead atoms. The van der Waals surface area contributed by atoms with Crippen molar-refractivity contribution in [2.75, 3.05) is 6.54 Å². The van der Waals surface area contributed by atoms with Crippen molar-refractivity contribution in [2.24, 2.45) is 0 Å². The lowest BCUT2D eigenvalue weighted by molar-refractivity contribution is -0.120. The van der Waals surface area contributed by atoms with Crippen molar-refractivity contribution < 1.29 is 9.32 Å². The molecule has 1 heterocycles. The summed E-state index contributed by atoms with van der Waals surface area (Å²) in [6.07, 6.45) is 1.17. The van der Waals surface area contributed by atoms with Crippen LogP contribution in [0.2, 0.25) is 0 Å². The van der Waals surface area contributed by atoms with Gasteiger partial charge in [0.25, 0.3) is 0 Å². The van der Waals surface area contributed by atoms with Gasteiger partial charge in [-0.2, -0.15) is 0 Å². The minimum Gasteiger partial charge on any atom is -0.361 e. The molecule has 2 aromatic rings. The Kier molecular flexibility index (Phi) is 4.56. The second kappa shape index (κ2) is 6.37. The minimum absolute atomic E-state index is 0.0422. The average molecular weight is 272 g/mol. The van der Waals surface area contributed by atoms with Crippen molar-refractivity contribution in [1.29, 1.82) is 0 Å². The van der Waals surface area contributed by atoms with Gasteiger partial charge >= 0.3 is 0 Å². The average Bonchev–Trinajstić information content (AvgIpc) is 2.73. The maximum atomic E-state index is 11.8. The van der Waals surface area contributed by atoms with E-state index in [1.165, 1.54) is 5.56 Å². The maximum absolute atomic E-state index is 11.8. The fourth-order valence-electron chi connectivity index (χ4n) is 2.14. The number of rotatable bonds is 5. The van der Waals surface area contributed by atoms with Gasteiger partial charge in [-0.05, 0) is 32.8 Å². The molecule has 0 aliphatic heterocycles. The summed E-state index contributed by atoms with van der Waals surface area (Å²) in [4.78, 5) is 11.8. The van der Waals surface area contributed by atoms with Crippen molar-refractivity contribution >= 4 is 5.91 Å². The number of nitrogens with zero attached hydrogens (tertiary/aromatic N) is 1. The molecule has 1 amide bonds. The largest absolute Gasteiger partial charge is 0.361 e. The fraction of sp³-hybridized carbons (Fsp3) is 0.375. The Balaban J connectivity index is 1.79. The highest BCUT2D eigenvalue weighted by Crippen LogP contribution is 2.12. The van der Waals surface area contributed by atoms with Gasteiger partial charge in [0.15, 0.2) is 0 Å². The molecule has 1 aromatic carbocycles. The quantitative estimate of drug-likeness (QED) is 0.910. The van der Waals surface area contributed by atoms with Gasteiger partial charge in [0.2, 0.25) is 5.91 Å². The molecule has 0 saturated carbocycles. The molecule has 106 valence electrons. The molecule has 4 nitrogen and oxygen atoms in total. The van der Waals surface area contributed by atoms with Crippen LogP contribution in [0.5, 0.6) is 0 Å². The van der Waals surface area contributed by atoms with Crippen LogP contribution >= 0.6 is 0 Å². The van der Waals surface area contributed by atoms with Gasteiger partial charge in [0.1, 0.15) is 5.76 Å². The number of hydrogen-bond acceptors (Lipinski definition) is 3. The van der Waals surface area contributed by atoms with E-state index in [4.69, 9.17) is 4.52 Å². The Labute approximate surface area is 119 Å². The molecule has 1 N–H and O–H groups in total. The first-order valence-electron chi connectivity index (χ1n) is 6.80. The number of aryl methyl sites for hydroxylation is 3. The van der Waals surface area contributed by atoms with E-state index in [0.717, 1.165) is 29.0 Å². The second-order valence-electron chi connectivity index (χ2n) is 5.07. The summed E-state index contributed by atoms with van der Waals surface area (Å²) >= 11 is 0. The first kappa shape index (κ1) is 14.3. The van der Waals surface area contributed by atoms with Crippen molar-refractivity contribution in [3.8, 4) is 0 Å². The highest BCUT2D eigenvalue weighted by molar-refractivity contribution is 5.78. The van der Waals surface area contributed by atoms with Gasteiger partial charge in [0.05, 0.1) is 12.1 Å². The number of carbonyl (C=O) groups excluding carboxylic acids is 1. The summed E-state index contributed by atoms with van der Waals surface area (Å²) in [5.74, 6) is 0.871. The summed E-state index contributed by atoms with van der Waals surface area (Å²) < 4.78 is 5.10. The maximum Gasteiger partial charge on any atom is 0.224 e. The summed E-state index contributed by atoms with van der Waals surface area (Å²) in [6.45, 7) is 6.45. The van der Waals surface area contributed by atoms with Crippen molar-refractivity contribution in [3.63, 3.8) is 0 Å². The molecule has 0 radical (unpaired) electrons. The zero-order chi connectivity index (χ0) is 14.5. The lowest BCUT2D eigenvalue weighted by atomic mass is 10.1. The third-order valence-electron chi connectivity index (χ3n) is 3.36. The Morgan fingerprint density at radius 2 is 1.90 bits per heavy atom. The molecular weight excluding hydrogens is 252 g/mol. The Morgan fingerprint density at radius 3 is 2.50 bits per heavy atom. The van der Waals surface area contributed by atoms with Crippen LogP contribution in [0.25, 0.3) is 0 Å². The fourth-order valence-corrected chi connectivity index (χ4v) is 2.14. The molecule has 0 atom stereocenters. The van der Waals surface area contributed by atoms with Crippen LogP contribution in [0.3, 0.4) is 0 Å². The molecule has 0 aliphatic rings. The first-order chi connectivity index (χ1) is 9.56. The molecule has 20 heavy (non-hydrogen) atoms. The number of nitrogens with one attached hydrogen (secondary N) is 1. The lowest BCUT2D eigenvalue weighted by Crippen LogP contribution is -2.27. The standard InChI is InChI=1S/C16H20N2O2/c1-11-4-6-14(7-5-11)10-16(19)17-9-8-15-12(2)18-20-13(15)3/h4-7H,8-10H2,1-3H3,(H,17,19). The van der Waals surface area contributed by atoms with Gasteiger partial charge in [0, 0.05) is 12.1 Å². The van der Waals surface area contributed by atoms with Crippen molar-refractivity contribution in [1.82, 2.24) is 10.5 Å². The number of aromatic nitrogens is 1. The van der Waals surface area contributed by atoms with Crippen LogP contribution in [0.15, 0.2) is 28.8 Å². The predicted molar refractivity (Wildman–Crippen MR) is 77.6 cm³/mol. The molecule has 4 heteroatoms. The normalized spacial score (nSPS) is 10.6. The van der Waals surface area contributed by atoms with E-state index in [2.05, 4.69) is 10.5 Å². The number of hydrogen-bond donors (Lipinski definition) is 1. The van der Waals surface area contributed by atoms with Crippen LogP contribution in [0.4, 0.5) is 0 Å². The smallest absolute Gasteiger partial charge is 0.224 e. The summed E-state index contributed by atoms with van der Waals surface area (Å²) in [7, 11) is 0. The minimum atomic E-state index is 0.0422. The van der Waals surface area contributed by atoms with Crippen LogP contribution < -0.4 is 5.32 Å². The zero-order valence-corrected chi connectivity index (χ0v) is 12.2. The Hall–Kier alpha value is -2.10. The van der Waals surface area contributed by atoms with Gasteiger partial charge in [-0.1, -0.05) is 35.0 Å². The van der Waals surface area contributed by atoms with Crippen molar-refractivity contribution in [2.45, 2.75) is 33.6 Å². The second-order valence-corrected chi connectivity index (χ2v) is 5.07. The molecule has 0 aliphatic carbocycles. The molecule has 0 spiro atoms. The van der Waals surface area contributed by atoms with E-state index < -0.39 is 0 Å². The van der Waals surface area contributed by atoms with Crippen LogP contribution in [-0.4, -0.2) is 17.6 Å². The zero-order valence-electron chi connectivity index (χ0n) is 12.2. The topological polar surface area (TPSA) is 55.1 Å². The number of benzene rings is 1. The lowest BCUT2D eigenvalue weighted by Gasteiger charge is -2.05. The predicted octanol–water partition coefficient (Wildman–Crippen LogP) is 2.50. The van der Waals surface area contributed by atoms with Gasteiger partial charge in [-0.25, -0.2) is 0 Å². The summed E-state index contributed by atoms with van der Waals surface area (Å²) in [5, 5.41) is 6.83. The van der Waals surface area contributed by atoms with E-state index >= 15 is 0 Å². The molecule has 1 aromatic heterocycles. The third kappa shape index (κ3) is 3.70. The number of carbonyl (C=O) groups is 1. The van der Waals surface area contributed by atoms with Crippen LogP contribution in [0, 0.1) is 20.8 Å². The highest BCUT2D eigenvalue weighted by atomic mass is 16.5. The molecule has 0 saturated heterocycles. The first-order valence-corrected chi connectivity index (χ1v) is 6.80. The van der Waals surface area contributed by atoms with E-state index in [1.54, 1.807) is 0 Å². The van der Waals surface area contributed by atoms with Gasteiger partial charge in [-0.3, -0.25) is 4.79 Å². The third-order valence-corrected chi connectivity index (χ3v) is 3.36. The van der Waals surface area contributed by atoms with Crippen molar-refractivity contribution in [3.05, 3.63) is 52.4 Å². The molecular formula is C16H20N2O2. The van der Waals surface area contributed by atoms with E-state index in [9.17, 15) is 4.79 Å². The van der Waals surface area contributed by atoms with E-state index in [0.29, 0.717) is 13.0 Å². The monoisotopic (exact) mass is 272 g/mol. The Bertz CT molecular complexity index is 566. The SMILES string of the molecule is Cc1ccc(CC(=O)NCCc2c(C)noc2C)cc1. The summed E-state index contributed by atoms with van der Waals surface area (Å²) in [5.41, 5.74) is 4.22. The highest BCUT2D eigenvalue weighted by Gasteiger charge is 2.09. The molecule has 2 rings (SSSR count).